The van der Waals surface area contributed by atoms with Crippen LogP contribution in [0, 0.1) is 3.57 Å². The summed E-state index contributed by atoms with van der Waals surface area (Å²) in [5.74, 6) is 4.93. The van der Waals surface area contributed by atoms with Crippen LogP contribution in [0.15, 0.2) is 36.5 Å². The molecule has 1 amide bonds. The van der Waals surface area contributed by atoms with Crippen molar-refractivity contribution < 1.29 is 4.79 Å². The summed E-state index contributed by atoms with van der Waals surface area (Å²) in [6.07, 6.45) is 1.50. The number of hydrogen-bond acceptors (Lipinski definition) is 4. The van der Waals surface area contributed by atoms with Gasteiger partial charge in [0.15, 0.2) is 0 Å². The third kappa shape index (κ3) is 3.55. The number of halogens is 2. The smallest absolute Gasteiger partial charge is 0.274 e. The van der Waals surface area contributed by atoms with Crippen molar-refractivity contribution in [2.45, 2.75) is 0 Å². The molecule has 0 bridgehead atoms. The summed E-state index contributed by atoms with van der Waals surface area (Å²) in [4.78, 5) is 16.0. The van der Waals surface area contributed by atoms with Crippen LogP contribution < -0.4 is 16.6 Å². The number of nitrogens with two attached hydrogens (primary N) is 1. The number of hydrazine groups is 1. The van der Waals surface area contributed by atoms with Crippen LogP contribution >= 0.6 is 34.2 Å². The van der Waals surface area contributed by atoms with E-state index in [0.717, 1.165) is 3.57 Å². The van der Waals surface area contributed by atoms with Crippen molar-refractivity contribution in [2.75, 3.05) is 10.7 Å². The van der Waals surface area contributed by atoms with Crippen molar-refractivity contribution >= 4 is 51.5 Å². The van der Waals surface area contributed by atoms with Gasteiger partial charge in [-0.05, 0) is 52.9 Å². The van der Waals surface area contributed by atoms with Gasteiger partial charge in [-0.1, -0.05) is 11.6 Å². The topological polar surface area (TPSA) is 80.0 Å². The van der Waals surface area contributed by atoms with Gasteiger partial charge in [-0.25, -0.2) is 0 Å². The number of nitrogens with one attached hydrogen (secondary N) is 2. The molecule has 98 valence electrons. The zero-order valence-corrected chi connectivity index (χ0v) is 12.6. The highest BCUT2D eigenvalue weighted by atomic mass is 127. The maximum Gasteiger partial charge on any atom is 0.274 e. The molecule has 2 aromatic rings. The molecule has 5 nitrogen and oxygen atoms in total. The van der Waals surface area contributed by atoms with Gasteiger partial charge in [0.05, 0.1) is 16.4 Å². The molecule has 0 saturated carbocycles. The minimum absolute atomic E-state index is 0.255. The third-order valence-electron chi connectivity index (χ3n) is 2.34. The van der Waals surface area contributed by atoms with Gasteiger partial charge >= 0.3 is 0 Å². The number of nitrogens with zero attached hydrogens (tertiary/aromatic N) is 1. The molecule has 0 fully saturated rings. The van der Waals surface area contributed by atoms with E-state index in [9.17, 15) is 4.79 Å². The fourth-order valence-corrected chi connectivity index (χ4v) is 2.32. The summed E-state index contributed by atoms with van der Waals surface area (Å²) in [6, 6.07) is 8.58. The number of amides is 1. The molecule has 0 spiro atoms. The largest absolute Gasteiger partial charge is 0.324 e. The first-order valence-corrected chi connectivity index (χ1v) is 6.75. The first-order chi connectivity index (χ1) is 9.10. The highest BCUT2D eigenvalue weighted by Gasteiger charge is 2.10. The van der Waals surface area contributed by atoms with E-state index in [0.29, 0.717) is 16.4 Å². The summed E-state index contributed by atoms with van der Waals surface area (Å²) >= 11 is 8.19. The number of carbonyl (C=O) groups is 1. The van der Waals surface area contributed by atoms with Crippen molar-refractivity contribution in [1.29, 1.82) is 0 Å². The van der Waals surface area contributed by atoms with E-state index in [1.54, 1.807) is 24.3 Å². The van der Waals surface area contributed by atoms with Gasteiger partial charge in [0, 0.05) is 9.77 Å². The van der Waals surface area contributed by atoms with Crippen LogP contribution in [-0.2, 0) is 0 Å². The van der Waals surface area contributed by atoms with Gasteiger partial charge in [0.25, 0.3) is 5.91 Å². The molecular formula is C12H10ClIN4O. The lowest BCUT2D eigenvalue weighted by Gasteiger charge is -2.08. The monoisotopic (exact) mass is 388 g/mol. The number of anilines is 2. The zero-order valence-electron chi connectivity index (χ0n) is 9.65. The maximum absolute atomic E-state index is 12.0. The summed E-state index contributed by atoms with van der Waals surface area (Å²) in [6.45, 7) is 0. The molecule has 0 aliphatic carbocycles. The van der Waals surface area contributed by atoms with Gasteiger partial charge < -0.3 is 10.7 Å². The van der Waals surface area contributed by atoms with E-state index in [1.807, 2.05) is 6.07 Å². The summed E-state index contributed by atoms with van der Waals surface area (Å²) in [5, 5.41) is 3.18. The summed E-state index contributed by atoms with van der Waals surface area (Å²) < 4.78 is 0.994. The highest BCUT2D eigenvalue weighted by molar-refractivity contribution is 14.1. The van der Waals surface area contributed by atoms with E-state index in [1.165, 1.54) is 6.20 Å². The van der Waals surface area contributed by atoms with Gasteiger partial charge in [-0.3, -0.25) is 15.6 Å². The third-order valence-corrected chi connectivity index (χ3v) is 3.32. The number of nitrogen functional groups attached to an aromatic ring is 1. The number of pyridine rings is 1. The Bertz CT molecular complexity index is 620. The first-order valence-electron chi connectivity index (χ1n) is 5.29. The lowest BCUT2D eigenvalue weighted by Crippen LogP contribution is -2.15. The van der Waals surface area contributed by atoms with Crippen LogP contribution in [0.5, 0.6) is 0 Å². The number of rotatable bonds is 3. The zero-order chi connectivity index (χ0) is 13.8. The fourth-order valence-electron chi connectivity index (χ4n) is 1.42. The van der Waals surface area contributed by atoms with Crippen LogP contribution in [0.2, 0.25) is 5.02 Å². The Hall–Kier alpha value is -1.38. The minimum Gasteiger partial charge on any atom is -0.324 e. The minimum atomic E-state index is -0.347. The molecule has 19 heavy (non-hydrogen) atoms. The van der Waals surface area contributed by atoms with E-state index in [4.69, 9.17) is 17.4 Å². The van der Waals surface area contributed by atoms with E-state index >= 15 is 0 Å². The second-order valence-electron chi connectivity index (χ2n) is 3.65. The molecule has 0 radical (unpaired) electrons. The van der Waals surface area contributed by atoms with Gasteiger partial charge in [-0.15, -0.1) is 0 Å². The average molecular weight is 389 g/mol. The van der Waals surface area contributed by atoms with Crippen molar-refractivity contribution in [2.24, 2.45) is 5.84 Å². The SMILES string of the molecule is NNc1ccnc(C(=O)Nc2ccc(I)cc2Cl)c1. The highest BCUT2D eigenvalue weighted by Crippen LogP contribution is 2.24. The Morgan fingerprint density at radius 1 is 1.32 bits per heavy atom. The Balaban J connectivity index is 2.20. The molecule has 0 aliphatic heterocycles. The van der Waals surface area contributed by atoms with E-state index < -0.39 is 0 Å². The summed E-state index contributed by atoms with van der Waals surface area (Å²) in [5.41, 5.74) is 3.86. The van der Waals surface area contributed by atoms with E-state index in [2.05, 4.69) is 38.3 Å². The van der Waals surface area contributed by atoms with Crippen molar-refractivity contribution in [3.63, 3.8) is 0 Å². The predicted molar refractivity (Wildman–Crippen MR) is 84.2 cm³/mol. The lowest BCUT2D eigenvalue weighted by molar-refractivity contribution is 0.102. The molecule has 1 aromatic heterocycles. The first kappa shape index (κ1) is 14.0. The van der Waals surface area contributed by atoms with Gasteiger partial charge in [-0.2, -0.15) is 0 Å². The average Bonchev–Trinajstić information content (AvgIpc) is 2.42. The molecule has 1 heterocycles. The van der Waals surface area contributed by atoms with Crippen molar-refractivity contribution in [3.8, 4) is 0 Å². The quantitative estimate of drug-likeness (QED) is 0.429. The summed E-state index contributed by atoms with van der Waals surface area (Å²) in [7, 11) is 0. The fraction of sp³-hybridized carbons (Fsp3) is 0. The number of benzene rings is 1. The van der Waals surface area contributed by atoms with Gasteiger partial charge in [0.1, 0.15) is 5.69 Å². The number of hydrogen-bond donors (Lipinski definition) is 3. The van der Waals surface area contributed by atoms with Gasteiger partial charge in [0.2, 0.25) is 0 Å². The maximum atomic E-state index is 12.0. The number of aromatic nitrogens is 1. The second kappa shape index (κ2) is 6.18. The Morgan fingerprint density at radius 3 is 2.79 bits per heavy atom. The van der Waals surface area contributed by atoms with Crippen LogP contribution in [0.1, 0.15) is 10.5 Å². The molecule has 0 atom stereocenters. The predicted octanol–water partition coefficient (Wildman–Crippen LogP) is 2.88. The molecule has 4 N–H and O–H groups in total. The van der Waals surface area contributed by atoms with Crippen LogP contribution in [0.3, 0.4) is 0 Å². The normalized spacial score (nSPS) is 10.1. The molecule has 1 aromatic carbocycles. The Kier molecular flexibility index (Phi) is 4.56. The molecule has 0 saturated heterocycles. The molecular weight excluding hydrogens is 379 g/mol. The standard InChI is InChI=1S/C12H10ClIN4O/c13-9-5-7(14)1-2-10(9)17-12(19)11-6-8(18-15)3-4-16-11/h1-6H,15H2,(H,16,18)(H,17,19). The Labute approximate surface area is 128 Å². The van der Waals surface area contributed by atoms with Crippen LogP contribution in [0.4, 0.5) is 11.4 Å². The number of carbonyl (C=O) groups excluding carboxylic acids is 1. The molecule has 0 aliphatic rings. The molecule has 2 rings (SSSR count). The second-order valence-corrected chi connectivity index (χ2v) is 5.31. The molecule has 0 unspecified atom stereocenters. The lowest BCUT2D eigenvalue weighted by atomic mass is 10.2. The van der Waals surface area contributed by atoms with Crippen molar-refractivity contribution in [3.05, 3.63) is 50.8 Å². The molecule has 7 heteroatoms. The van der Waals surface area contributed by atoms with E-state index in [-0.39, 0.29) is 11.6 Å². The van der Waals surface area contributed by atoms with Crippen LogP contribution in [-0.4, -0.2) is 10.9 Å². The van der Waals surface area contributed by atoms with Crippen LogP contribution in [0.25, 0.3) is 0 Å². The van der Waals surface area contributed by atoms with Crippen molar-refractivity contribution in [1.82, 2.24) is 4.98 Å². The Morgan fingerprint density at radius 2 is 2.11 bits per heavy atom.